The number of likely N-dealkylation sites (tertiary alicyclic amines) is 1. The maximum absolute atomic E-state index is 13.3. The van der Waals surface area contributed by atoms with E-state index in [1.54, 1.807) is 0 Å². The molecule has 8 heteroatoms. The molecule has 1 aliphatic carbocycles. The molecule has 2 aliphatic heterocycles. The second-order valence-corrected chi connectivity index (χ2v) is 10.4. The van der Waals surface area contributed by atoms with Crippen LogP contribution in [0.3, 0.4) is 0 Å². The quantitative estimate of drug-likeness (QED) is 0.558. The van der Waals surface area contributed by atoms with Crippen LogP contribution in [0.1, 0.15) is 46.9 Å². The fraction of sp³-hybridized carbons (Fsp3) is 0.385. The summed E-state index contributed by atoms with van der Waals surface area (Å²) in [7, 11) is 0. The van der Waals surface area contributed by atoms with E-state index in [1.807, 2.05) is 36.5 Å². The second-order valence-electron chi connectivity index (χ2n) is 9.37. The van der Waals surface area contributed by atoms with Crippen molar-refractivity contribution in [1.82, 2.24) is 9.88 Å². The average Bonchev–Trinajstić information content (AvgIpc) is 3.13. The monoisotopic (exact) mass is 477 g/mol. The van der Waals surface area contributed by atoms with Gasteiger partial charge in [0.2, 0.25) is 12.7 Å². The van der Waals surface area contributed by atoms with Crippen LogP contribution >= 0.6 is 11.3 Å². The van der Waals surface area contributed by atoms with Crippen molar-refractivity contribution in [2.24, 2.45) is 0 Å². The van der Waals surface area contributed by atoms with Crippen LogP contribution in [-0.2, 0) is 10.2 Å². The van der Waals surface area contributed by atoms with E-state index in [9.17, 15) is 9.90 Å². The average molecular weight is 478 g/mol. The van der Waals surface area contributed by atoms with Gasteiger partial charge >= 0.3 is 0 Å². The van der Waals surface area contributed by atoms with Crippen molar-refractivity contribution < 1.29 is 19.4 Å². The molecule has 0 spiro atoms. The smallest absolute Gasteiger partial charge is 0.236 e. The molecule has 176 valence electrons. The van der Waals surface area contributed by atoms with E-state index in [0.29, 0.717) is 17.4 Å². The number of hydrogen-bond acceptors (Lipinski definition) is 7. The van der Waals surface area contributed by atoms with Crippen LogP contribution in [-0.4, -0.2) is 46.9 Å². The summed E-state index contributed by atoms with van der Waals surface area (Å²) < 4.78 is 10.9. The molecule has 2 aromatic carbocycles. The molecule has 1 unspecified atom stereocenters. The summed E-state index contributed by atoms with van der Waals surface area (Å²) in [5.41, 5.74) is 2.82. The number of nitrogens with zero attached hydrogens (tertiary/aromatic N) is 2. The zero-order valence-corrected chi connectivity index (χ0v) is 19.8. The summed E-state index contributed by atoms with van der Waals surface area (Å²) in [4.78, 5) is 21.3. The molecule has 0 radical (unpaired) electrons. The molecular weight excluding hydrogens is 450 g/mol. The molecule has 34 heavy (non-hydrogen) atoms. The molecule has 1 saturated heterocycles. The van der Waals surface area contributed by atoms with Crippen molar-refractivity contribution in [2.45, 2.75) is 43.7 Å². The number of thiazole rings is 1. The number of ether oxygens (including phenoxy) is 2. The molecule has 1 saturated carbocycles. The van der Waals surface area contributed by atoms with Gasteiger partial charge in [-0.25, -0.2) is 4.98 Å². The molecule has 3 heterocycles. The largest absolute Gasteiger partial charge is 0.454 e. The lowest BCUT2D eigenvalue weighted by atomic mass is 9.94. The number of carbonyl (C=O) groups is 1. The van der Waals surface area contributed by atoms with E-state index in [1.165, 1.54) is 22.5 Å². The van der Waals surface area contributed by atoms with Gasteiger partial charge < -0.3 is 19.9 Å². The molecule has 0 bridgehead atoms. The molecular formula is C26H27N3O4S. The van der Waals surface area contributed by atoms with Crippen molar-refractivity contribution in [3.63, 3.8) is 0 Å². The van der Waals surface area contributed by atoms with E-state index in [0.717, 1.165) is 42.0 Å². The number of hydrogen-bond donors (Lipinski definition) is 2. The zero-order valence-electron chi connectivity index (χ0n) is 19.0. The highest BCUT2D eigenvalue weighted by molar-refractivity contribution is 7.15. The maximum Gasteiger partial charge on any atom is 0.236 e. The van der Waals surface area contributed by atoms with Crippen molar-refractivity contribution >= 4 is 22.4 Å². The van der Waals surface area contributed by atoms with Gasteiger partial charge in [-0.05, 0) is 55.0 Å². The van der Waals surface area contributed by atoms with E-state index in [-0.39, 0.29) is 24.8 Å². The highest BCUT2D eigenvalue weighted by Crippen LogP contribution is 2.51. The van der Waals surface area contributed by atoms with Gasteiger partial charge in [-0.2, -0.15) is 0 Å². The number of fused-ring (bicyclic) bond motifs is 1. The van der Waals surface area contributed by atoms with Gasteiger partial charge in [0, 0.05) is 24.2 Å². The number of aromatic nitrogens is 1. The van der Waals surface area contributed by atoms with Gasteiger partial charge in [0.15, 0.2) is 16.6 Å². The van der Waals surface area contributed by atoms with Gasteiger partial charge in [-0.3, -0.25) is 9.69 Å². The topological polar surface area (TPSA) is 83.9 Å². The number of anilines is 1. The zero-order chi connectivity index (χ0) is 23.3. The first-order chi connectivity index (χ1) is 16.5. The Labute approximate surface area is 202 Å². The Balaban J connectivity index is 1.25. The van der Waals surface area contributed by atoms with Gasteiger partial charge in [0.1, 0.15) is 0 Å². The predicted octanol–water partition coefficient (Wildman–Crippen LogP) is 4.01. The van der Waals surface area contributed by atoms with Crippen LogP contribution in [0.15, 0.2) is 48.7 Å². The van der Waals surface area contributed by atoms with Gasteiger partial charge in [0.05, 0.1) is 17.6 Å². The summed E-state index contributed by atoms with van der Waals surface area (Å²) in [6, 6.07) is 14.1. The summed E-state index contributed by atoms with van der Waals surface area (Å²) in [6.45, 7) is 3.79. The number of aliphatic hydroxyl groups excluding tert-OH is 1. The number of β-amino-alcohol motifs (C(OH)–C–C–N with tert-alkyl or cyclic N) is 1. The minimum absolute atomic E-state index is 0.00486. The first kappa shape index (κ1) is 21.6. The summed E-state index contributed by atoms with van der Waals surface area (Å²) in [6.07, 6.45) is 3.92. The molecule has 2 fully saturated rings. The first-order valence-electron chi connectivity index (χ1n) is 11.7. The lowest BCUT2D eigenvalue weighted by Gasteiger charge is -2.28. The Kier molecular flexibility index (Phi) is 5.32. The van der Waals surface area contributed by atoms with Crippen LogP contribution in [0, 0.1) is 6.92 Å². The van der Waals surface area contributed by atoms with E-state index < -0.39 is 5.41 Å². The van der Waals surface area contributed by atoms with Crippen LogP contribution in [0.2, 0.25) is 0 Å². The molecule has 3 aromatic rings. The lowest BCUT2D eigenvalue weighted by molar-refractivity contribution is -0.118. The molecule has 3 aliphatic rings. The highest BCUT2D eigenvalue weighted by atomic mass is 32.1. The van der Waals surface area contributed by atoms with Crippen LogP contribution in [0.5, 0.6) is 11.5 Å². The van der Waals surface area contributed by atoms with Gasteiger partial charge in [-0.15, -0.1) is 0 Å². The third-order valence-corrected chi connectivity index (χ3v) is 8.13. The van der Waals surface area contributed by atoms with Crippen molar-refractivity contribution in [3.8, 4) is 11.5 Å². The molecule has 2 N–H and O–H groups in total. The number of benzene rings is 2. The number of carbonyl (C=O) groups excluding carboxylic acids is 1. The standard InChI is InChI=1S/C26H27N3O4S/c1-16-4-2-3-5-19(16)23(29-11-8-18(30)14-29)22-13-27-25(34-22)28-24(31)26(9-10-26)17-6-7-20-21(12-17)33-15-32-20/h2-7,12-13,18,23,30H,8-11,14-15H2,1H3,(H,27,28,31)/t18-,23?/m1/s1. The minimum atomic E-state index is -0.540. The number of aryl methyl sites for hydroxylation is 1. The molecule has 2 atom stereocenters. The minimum Gasteiger partial charge on any atom is -0.454 e. The molecule has 7 nitrogen and oxygen atoms in total. The second kappa shape index (κ2) is 8.37. The fourth-order valence-electron chi connectivity index (χ4n) is 5.08. The van der Waals surface area contributed by atoms with Gasteiger partial charge in [-0.1, -0.05) is 41.7 Å². The number of aliphatic hydroxyl groups is 1. The van der Waals surface area contributed by atoms with Crippen LogP contribution < -0.4 is 14.8 Å². The van der Waals surface area contributed by atoms with E-state index in [4.69, 9.17) is 9.47 Å². The summed E-state index contributed by atoms with van der Waals surface area (Å²) in [5, 5.41) is 13.9. The Morgan fingerprint density at radius 2 is 2.06 bits per heavy atom. The Bertz CT molecular complexity index is 1240. The Hall–Kier alpha value is -2.94. The normalized spacial score (nSPS) is 21.4. The molecule has 1 amide bonds. The maximum atomic E-state index is 13.3. The number of amides is 1. The SMILES string of the molecule is Cc1ccccc1C(c1cnc(NC(=O)C2(c3ccc4c(c3)OCO4)CC2)s1)N1CC[C@@H](O)C1. The lowest BCUT2D eigenvalue weighted by Crippen LogP contribution is -2.28. The Morgan fingerprint density at radius 3 is 2.82 bits per heavy atom. The first-order valence-corrected chi connectivity index (χ1v) is 12.5. The third kappa shape index (κ3) is 3.76. The van der Waals surface area contributed by atoms with E-state index in [2.05, 4.69) is 34.3 Å². The Morgan fingerprint density at radius 1 is 1.24 bits per heavy atom. The van der Waals surface area contributed by atoms with Crippen LogP contribution in [0.4, 0.5) is 5.13 Å². The van der Waals surface area contributed by atoms with Crippen molar-refractivity contribution in [1.29, 1.82) is 0 Å². The molecule has 6 rings (SSSR count). The predicted molar refractivity (Wildman–Crippen MR) is 129 cm³/mol. The summed E-state index contributed by atoms with van der Waals surface area (Å²) in [5.74, 6) is 1.39. The van der Waals surface area contributed by atoms with Crippen molar-refractivity contribution in [2.75, 3.05) is 25.2 Å². The van der Waals surface area contributed by atoms with Crippen molar-refractivity contribution in [3.05, 3.63) is 70.2 Å². The number of nitrogens with one attached hydrogen (secondary N) is 1. The fourth-order valence-corrected chi connectivity index (χ4v) is 6.05. The molecule has 1 aromatic heterocycles. The van der Waals surface area contributed by atoms with E-state index >= 15 is 0 Å². The number of rotatable bonds is 6. The van der Waals surface area contributed by atoms with Crippen LogP contribution in [0.25, 0.3) is 0 Å². The third-order valence-electron chi connectivity index (χ3n) is 7.17. The highest BCUT2D eigenvalue weighted by Gasteiger charge is 2.52. The van der Waals surface area contributed by atoms with Gasteiger partial charge in [0.25, 0.3) is 0 Å². The summed E-state index contributed by atoms with van der Waals surface area (Å²) >= 11 is 1.51.